The summed E-state index contributed by atoms with van der Waals surface area (Å²) in [6.45, 7) is 2.00. The first kappa shape index (κ1) is 23.9. The average molecular weight is 563 g/mol. The summed E-state index contributed by atoms with van der Waals surface area (Å²) in [6.07, 6.45) is 5.04. The molecule has 4 unspecified atom stereocenters. The first-order valence-electron chi connectivity index (χ1n) is 13.6. The smallest absolute Gasteiger partial charge is 0.340 e. The minimum Gasteiger partial charge on any atom is -0.465 e. The number of anilines is 1. The summed E-state index contributed by atoms with van der Waals surface area (Å²) in [7, 11) is 3.40. The normalized spacial score (nSPS) is 25.2. The number of benzene rings is 2. The minimum atomic E-state index is -0.300. The Morgan fingerprint density at radius 2 is 1.95 bits per heavy atom. The van der Waals surface area contributed by atoms with Crippen LogP contribution < -0.4 is 4.90 Å². The zero-order valence-corrected chi connectivity index (χ0v) is 23.2. The van der Waals surface area contributed by atoms with Crippen molar-refractivity contribution >= 4 is 45.8 Å². The number of aryl methyl sites for hydroxylation is 1. The third kappa shape index (κ3) is 3.46. The van der Waals surface area contributed by atoms with Crippen LogP contribution in [0.25, 0.3) is 22.2 Å². The first-order chi connectivity index (χ1) is 19.0. The van der Waals surface area contributed by atoms with Gasteiger partial charge in [0.1, 0.15) is 11.5 Å². The Bertz CT molecular complexity index is 1640. The molecule has 2 aliphatic heterocycles. The van der Waals surface area contributed by atoms with Crippen molar-refractivity contribution in [2.45, 2.75) is 43.3 Å². The van der Waals surface area contributed by atoms with Crippen LogP contribution in [0.4, 0.5) is 5.69 Å². The lowest BCUT2D eigenvalue weighted by atomic mass is 9.98. The zero-order chi connectivity index (χ0) is 26.6. The predicted octanol–water partition coefficient (Wildman–Crippen LogP) is 5.92. The number of fused-ring (bicyclic) bond motifs is 2. The van der Waals surface area contributed by atoms with Crippen LogP contribution in [0.2, 0.25) is 10.0 Å². The quantitative estimate of drug-likeness (QED) is 0.260. The van der Waals surface area contributed by atoms with Gasteiger partial charge in [-0.25, -0.2) is 4.79 Å². The number of carbonyl (C=O) groups excluding carboxylic acids is 1. The molecule has 4 fully saturated rings. The van der Waals surface area contributed by atoms with E-state index in [-0.39, 0.29) is 5.97 Å². The highest BCUT2D eigenvalue weighted by Crippen LogP contribution is 2.61. The van der Waals surface area contributed by atoms with Crippen LogP contribution in [0.3, 0.4) is 0 Å². The third-order valence-electron chi connectivity index (χ3n) is 9.29. The number of methoxy groups -OCH3 is 1. The Balaban J connectivity index is 1.01. The van der Waals surface area contributed by atoms with E-state index < -0.39 is 0 Å². The van der Waals surface area contributed by atoms with Gasteiger partial charge in [0.15, 0.2) is 0 Å². The molecule has 200 valence electrons. The summed E-state index contributed by atoms with van der Waals surface area (Å²) in [5.74, 6) is 1.92. The maximum absolute atomic E-state index is 12.2. The molecule has 4 atom stereocenters. The summed E-state index contributed by atoms with van der Waals surface area (Å²) in [4.78, 5) is 17.4. The molecule has 2 aliphatic carbocycles. The third-order valence-corrected chi connectivity index (χ3v) is 9.92. The number of ether oxygens (including phenoxy) is 1. The second-order valence-electron chi connectivity index (χ2n) is 11.4. The van der Waals surface area contributed by atoms with Crippen LogP contribution in [0.1, 0.15) is 40.4 Å². The monoisotopic (exact) mass is 562 g/mol. The number of rotatable bonds is 7. The van der Waals surface area contributed by atoms with Gasteiger partial charge < -0.3 is 18.7 Å². The second-order valence-corrected chi connectivity index (χ2v) is 12.2. The van der Waals surface area contributed by atoms with E-state index >= 15 is 0 Å². The number of piperazine rings is 1. The second kappa shape index (κ2) is 8.50. The molecule has 7 nitrogen and oxygen atoms in total. The van der Waals surface area contributed by atoms with Crippen LogP contribution in [0, 0.1) is 5.92 Å². The summed E-state index contributed by atoms with van der Waals surface area (Å²) in [5, 5.41) is 6.61. The Morgan fingerprint density at radius 1 is 1.15 bits per heavy atom. The van der Waals surface area contributed by atoms with Crippen molar-refractivity contribution in [3.05, 3.63) is 69.5 Å². The van der Waals surface area contributed by atoms with Gasteiger partial charge in [-0.3, -0.25) is 4.90 Å². The highest BCUT2D eigenvalue weighted by molar-refractivity contribution is 6.39. The van der Waals surface area contributed by atoms with E-state index in [0.29, 0.717) is 39.7 Å². The lowest BCUT2D eigenvalue weighted by Gasteiger charge is -2.43. The molecule has 39 heavy (non-hydrogen) atoms. The van der Waals surface area contributed by atoms with Gasteiger partial charge in [-0.15, -0.1) is 0 Å². The largest absolute Gasteiger partial charge is 0.465 e. The number of nitrogens with zero attached hydrogens (tertiary/aromatic N) is 4. The van der Waals surface area contributed by atoms with Crippen molar-refractivity contribution in [2.24, 2.45) is 13.0 Å². The molecule has 0 bridgehead atoms. The Kier molecular flexibility index (Phi) is 5.20. The van der Waals surface area contributed by atoms with E-state index in [9.17, 15) is 4.79 Å². The van der Waals surface area contributed by atoms with E-state index in [1.807, 2.05) is 36.0 Å². The van der Waals surface area contributed by atoms with Crippen molar-refractivity contribution in [1.82, 2.24) is 14.6 Å². The van der Waals surface area contributed by atoms with Crippen molar-refractivity contribution in [2.75, 3.05) is 25.1 Å². The molecular weight excluding hydrogens is 535 g/mol. The van der Waals surface area contributed by atoms with Crippen LogP contribution in [-0.2, 0) is 18.2 Å². The number of carbonyl (C=O) groups is 1. The molecule has 0 amide bonds. The van der Waals surface area contributed by atoms with Gasteiger partial charge in [0.2, 0.25) is 0 Å². The van der Waals surface area contributed by atoms with Gasteiger partial charge >= 0.3 is 5.97 Å². The van der Waals surface area contributed by atoms with E-state index in [1.165, 1.54) is 18.4 Å². The lowest BCUT2D eigenvalue weighted by Crippen LogP contribution is -2.57. The topological polar surface area (TPSA) is 63.7 Å². The first-order valence-corrected chi connectivity index (χ1v) is 14.3. The average Bonchev–Trinajstić information content (AvgIpc) is 3.77. The van der Waals surface area contributed by atoms with Crippen molar-refractivity contribution in [3.8, 4) is 11.3 Å². The number of esters is 1. The molecule has 0 N–H and O–H groups in total. The van der Waals surface area contributed by atoms with E-state index in [4.69, 9.17) is 32.5 Å². The molecule has 2 saturated heterocycles. The number of piperidine rings is 1. The molecule has 2 aromatic heterocycles. The highest BCUT2D eigenvalue weighted by Gasteiger charge is 2.74. The Labute approximate surface area is 236 Å². The maximum Gasteiger partial charge on any atom is 0.340 e. The summed E-state index contributed by atoms with van der Waals surface area (Å²) < 4.78 is 12.9. The molecule has 4 aromatic rings. The fourth-order valence-electron chi connectivity index (χ4n) is 7.26. The van der Waals surface area contributed by atoms with Crippen molar-refractivity contribution in [1.29, 1.82) is 0 Å². The molecule has 0 radical (unpaired) electrons. The zero-order valence-electron chi connectivity index (χ0n) is 21.7. The summed E-state index contributed by atoms with van der Waals surface area (Å²) >= 11 is 13.1. The molecule has 4 aliphatic rings. The Hall–Kier alpha value is -3.00. The van der Waals surface area contributed by atoms with Gasteiger partial charge in [0.25, 0.3) is 0 Å². The van der Waals surface area contributed by atoms with Crippen LogP contribution in [-0.4, -0.2) is 58.9 Å². The number of likely N-dealkylation sites (tertiary alicyclic amines) is 1. The molecule has 0 spiro atoms. The SMILES string of the molecule is COC(=O)c1cn(C)c2cc(N3CC4C5C3C5N4CCc3c(-c4c(Cl)cccc4Cl)noc3C3CC3)ccc12. The molecule has 4 heterocycles. The van der Waals surface area contributed by atoms with Gasteiger partial charge in [-0.05, 0) is 49.6 Å². The lowest BCUT2D eigenvalue weighted by molar-refractivity contribution is 0.0602. The van der Waals surface area contributed by atoms with E-state index in [2.05, 4.69) is 33.2 Å². The van der Waals surface area contributed by atoms with Crippen LogP contribution >= 0.6 is 23.2 Å². The van der Waals surface area contributed by atoms with Gasteiger partial charge in [0.05, 0.1) is 34.3 Å². The van der Waals surface area contributed by atoms with Gasteiger partial charge in [0, 0.05) is 72.5 Å². The Morgan fingerprint density at radius 3 is 2.64 bits per heavy atom. The molecule has 9 heteroatoms. The maximum atomic E-state index is 12.2. The van der Waals surface area contributed by atoms with Gasteiger partial charge in [-0.1, -0.05) is 34.4 Å². The van der Waals surface area contributed by atoms with E-state index in [0.717, 1.165) is 66.2 Å². The number of aromatic nitrogens is 2. The number of hydrogen-bond acceptors (Lipinski definition) is 6. The predicted molar refractivity (Wildman–Crippen MR) is 151 cm³/mol. The number of halogens is 2. The number of hydrogen-bond donors (Lipinski definition) is 0. The molecular formula is C30H28Cl2N4O3. The fourth-order valence-corrected chi connectivity index (χ4v) is 7.84. The molecule has 2 aromatic carbocycles. The highest BCUT2D eigenvalue weighted by atomic mass is 35.5. The van der Waals surface area contributed by atoms with Crippen molar-refractivity contribution < 1.29 is 14.1 Å². The molecule has 8 rings (SSSR count). The standard InChI is InChI=1S/C30H28Cl2N4O3/c1-34-13-19(30(37)38-2)17-9-8-16(12-22(17)34)36-14-23-25-27(28(25)36)35(23)11-10-18-26(33-39-29(18)15-6-7-15)24-20(31)4-3-5-21(24)32/h3-5,8-9,12-13,15,23,25,27-28H,6-7,10-11,14H2,1-2H3. The van der Waals surface area contributed by atoms with Crippen LogP contribution in [0.15, 0.2) is 47.1 Å². The van der Waals surface area contributed by atoms with Crippen molar-refractivity contribution in [3.63, 3.8) is 0 Å². The fraction of sp³-hybridized carbons (Fsp3) is 0.400. The van der Waals surface area contributed by atoms with Crippen LogP contribution in [0.5, 0.6) is 0 Å². The van der Waals surface area contributed by atoms with Gasteiger partial charge in [-0.2, -0.15) is 0 Å². The summed E-state index contributed by atoms with van der Waals surface area (Å²) in [6, 6.07) is 13.7. The van der Waals surface area contributed by atoms with E-state index in [1.54, 1.807) is 0 Å². The summed E-state index contributed by atoms with van der Waals surface area (Å²) in [5.41, 5.74) is 5.63. The molecule has 2 saturated carbocycles. The minimum absolute atomic E-state index is 0.300.